The lowest BCUT2D eigenvalue weighted by Gasteiger charge is -2.12. The quantitative estimate of drug-likeness (QED) is 0.719. The van der Waals surface area contributed by atoms with Gasteiger partial charge in [-0.1, -0.05) is 13.0 Å². The molecule has 110 valence electrons. The van der Waals surface area contributed by atoms with Gasteiger partial charge in [0.25, 0.3) is 0 Å². The van der Waals surface area contributed by atoms with Gasteiger partial charge in [0.05, 0.1) is 29.3 Å². The molecule has 3 aromatic rings. The maximum atomic E-state index is 5.52. The molecule has 6 heteroatoms. The number of nitrogens with one attached hydrogen (secondary N) is 1. The molecule has 0 amide bonds. The van der Waals surface area contributed by atoms with Crippen LogP contribution in [-0.2, 0) is 6.42 Å². The highest BCUT2D eigenvalue weighted by molar-refractivity contribution is 7.80. The van der Waals surface area contributed by atoms with Gasteiger partial charge in [0.1, 0.15) is 17.1 Å². The summed E-state index contributed by atoms with van der Waals surface area (Å²) in [5, 5.41) is 0. The Hall–Kier alpha value is -1.72. The molecule has 0 aliphatic heterocycles. The number of rotatable bonds is 3. The molecular weight excluding hydrogens is 306 g/mol. The van der Waals surface area contributed by atoms with Crippen molar-refractivity contribution in [1.29, 1.82) is 0 Å². The first-order chi connectivity index (χ1) is 9.74. The molecule has 0 spiro atoms. The van der Waals surface area contributed by atoms with E-state index in [-0.39, 0.29) is 12.4 Å². The number of benzene rings is 1. The highest BCUT2D eigenvalue weighted by Gasteiger charge is 2.15. The van der Waals surface area contributed by atoms with Crippen LogP contribution in [0.3, 0.4) is 0 Å². The van der Waals surface area contributed by atoms with Crippen molar-refractivity contribution in [2.45, 2.75) is 18.2 Å². The van der Waals surface area contributed by atoms with E-state index < -0.39 is 0 Å². The Morgan fingerprint density at radius 2 is 2.10 bits per heavy atom. The van der Waals surface area contributed by atoms with Crippen LogP contribution in [0.2, 0.25) is 0 Å². The van der Waals surface area contributed by atoms with Crippen molar-refractivity contribution in [1.82, 2.24) is 15.0 Å². The Morgan fingerprint density at radius 3 is 2.76 bits per heavy atom. The van der Waals surface area contributed by atoms with Gasteiger partial charge in [-0.25, -0.2) is 4.98 Å². The second-order valence-corrected chi connectivity index (χ2v) is 4.93. The van der Waals surface area contributed by atoms with Crippen molar-refractivity contribution in [3.63, 3.8) is 0 Å². The number of hydrogen-bond acceptors (Lipinski definition) is 4. The summed E-state index contributed by atoms with van der Waals surface area (Å²) in [6.45, 7) is 2.10. The van der Waals surface area contributed by atoms with Gasteiger partial charge in [-0.2, -0.15) is 0 Å². The SMILES string of the molecule is CCc1ccc(-c2nc3cnccc3[nH]2)c(OC)c1S.Cl. The first-order valence-corrected chi connectivity index (χ1v) is 6.88. The van der Waals surface area contributed by atoms with E-state index in [1.807, 2.05) is 12.1 Å². The number of methoxy groups -OCH3 is 1. The number of H-pyrrole nitrogens is 1. The number of imidazole rings is 1. The molecule has 0 unspecified atom stereocenters. The van der Waals surface area contributed by atoms with Crippen LogP contribution in [0.5, 0.6) is 5.75 Å². The zero-order chi connectivity index (χ0) is 14.1. The number of thiol groups is 1. The highest BCUT2D eigenvalue weighted by Crippen LogP contribution is 2.36. The topological polar surface area (TPSA) is 50.8 Å². The fourth-order valence-corrected chi connectivity index (χ4v) is 2.72. The average molecular weight is 322 g/mol. The summed E-state index contributed by atoms with van der Waals surface area (Å²) in [7, 11) is 1.65. The van der Waals surface area contributed by atoms with Gasteiger partial charge in [-0.15, -0.1) is 25.0 Å². The van der Waals surface area contributed by atoms with E-state index in [0.717, 1.165) is 45.1 Å². The van der Waals surface area contributed by atoms with Crippen LogP contribution in [-0.4, -0.2) is 22.1 Å². The van der Waals surface area contributed by atoms with E-state index >= 15 is 0 Å². The summed E-state index contributed by atoms with van der Waals surface area (Å²) >= 11 is 4.58. The molecule has 0 radical (unpaired) electrons. The third-order valence-corrected chi connectivity index (χ3v) is 3.83. The molecule has 3 rings (SSSR count). The molecule has 0 aliphatic carbocycles. The number of fused-ring (bicyclic) bond motifs is 1. The molecule has 2 heterocycles. The highest BCUT2D eigenvalue weighted by atomic mass is 35.5. The van der Waals surface area contributed by atoms with Crippen LogP contribution >= 0.6 is 25.0 Å². The Labute approximate surface area is 134 Å². The van der Waals surface area contributed by atoms with Crippen LogP contribution in [0.15, 0.2) is 35.5 Å². The van der Waals surface area contributed by atoms with E-state index in [1.165, 1.54) is 0 Å². The number of halogens is 1. The molecule has 1 N–H and O–H groups in total. The molecule has 0 aliphatic rings. The van der Waals surface area contributed by atoms with Crippen molar-refractivity contribution in [2.75, 3.05) is 7.11 Å². The van der Waals surface area contributed by atoms with Crippen molar-refractivity contribution < 1.29 is 4.74 Å². The number of aromatic nitrogens is 3. The maximum absolute atomic E-state index is 5.52. The lowest BCUT2D eigenvalue weighted by molar-refractivity contribution is 0.405. The van der Waals surface area contributed by atoms with E-state index in [1.54, 1.807) is 19.5 Å². The Morgan fingerprint density at radius 1 is 1.29 bits per heavy atom. The van der Waals surface area contributed by atoms with Gasteiger partial charge >= 0.3 is 0 Å². The molecule has 0 saturated heterocycles. The summed E-state index contributed by atoms with van der Waals surface area (Å²) in [6, 6.07) is 5.98. The number of aryl methyl sites for hydroxylation is 1. The third kappa shape index (κ3) is 2.71. The van der Waals surface area contributed by atoms with Crippen LogP contribution < -0.4 is 4.74 Å². The van der Waals surface area contributed by atoms with Crippen molar-refractivity contribution in [3.05, 3.63) is 36.2 Å². The van der Waals surface area contributed by atoms with Crippen LogP contribution in [0, 0.1) is 0 Å². The van der Waals surface area contributed by atoms with Crippen molar-refractivity contribution in [3.8, 4) is 17.1 Å². The fraction of sp³-hybridized carbons (Fsp3) is 0.200. The van der Waals surface area contributed by atoms with Gasteiger partial charge in [-0.3, -0.25) is 4.98 Å². The molecule has 0 atom stereocenters. The summed E-state index contributed by atoms with van der Waals surface area (Å²) in [6.07, 6.45) is 4.40. The lowest BCUT2D eigenvalue weighted by Crippen LogP contribution is -1.94. The third-order valence-electron chi connectivity index (χ3n) is 3.34. The largest absolute Gasteiger partial charge is 0.495 e. The molecule has 0 saturated carbocycles. The zero-order valence-electron chi connectivity index (χ0n) is 11.8. The Bertz CT molecular complexity index is 740. The summed E-state index contributed by atoms with van der Waals surface area (Å²) in [5.41, 5.74) is 3.86. The number of hydrogen-bond donors (Lipinski definition) is 2. The predicted octanol–water partition coefficient (Wildman–Crippen LogP) is 3.91. The Balaban J connectivity index is 0.00000161. The molecule has 0 fully saturated rings. The van der Waals surface area contributed by atoms with Gasteiger partial charge < -0.3 is 9.72 Å². The normalized spacial score (nSPS) is 10.4. The second-order valence-electron chi connectivity index (χ2n) is 4.49. The molecular formula is C15H16ClN3OS. The summed E-state index contributed by atoms with van der Waals surface area (Å²) in [4.78, 5) is 12.8. The molecule has 0 bridgehead atoms. The summed E-state index contributed by atoms with van der Waals surface area (Å²) < 4.78 is 5.52. The maximum Gasteiger partial charge on any atom is 0.143 e. The van der Waals surface area contributed by atoms with Crippen molar-refractivity contribution >= 4 is 36.1 Å². The monoisotopic (exact) mass is 321 g/mol. The molecule has 2 aromatic heterocycles. The molecule has 1 aromatic carbocycles. The standard InChI is InChI=1S/C15H15N3OS.ClH/c1-3-9-4-5-10(13(19-2)14(9)20)15-17-11-6-7-16-8-12(11)18-15;/h4-8,20H,3H2,1-2H3,(H,17,18);1H. The minimum atomic E-state index is 0. The van der Waals surface area contributed by atoms with Gasteiger partial charge in [-0.05, 0) is 24.1 Å². The second kappa shape index (κ2) is 6.37. The number of nitrogens with zero attached hydrogens (tertiary/aromatic N) is 2. The van der Waals surface area contributed by atoms with Crippen LogP contribution in [0.4, 0.5) is 0 Å². The van der Waals surface area contributed by atoms with Gasteiger partial charge in [0.2, 0.25) is 0 Å². The van der Waals surface area contributed by atoms with E-state index in [0.29, 0.717) is 0 Å². The van der Waals surface area contributed by atoms with Crippen LogP contribution in [0.25, 0.3) is 22.4 Å². The lowest BCUT2D eigenvalue weighted by atomic mass is 10.1. The number of ether oxygens (including phenoxy) is 1. The minimum Gasteiger partial charge on any atom is -0.495 e. The fourth-order valence-electron chi connectivity index (χ4n) is 2.27. The van der Waals surface area contributed by atoms with Crippen molar-refractivity contribution in [2.24, 2.45) is 0 Å². The van der Waals surface area contributed by atoms with Gasteiger partial charge in [0, 0.05) is 6.20 Å². The number of pyridine rings is 1. The average Bonchev–Trinajstić information content (AvgIpc) is 2.90. The number of aromatic amines is 1. The first kappa shape index (κ1) is 15.7. The van der Waals surface area contributed by atoms with E-state index in [2.05, 4.69) is 40.6 Å². The molecule has 4 nitrogen and oxygen atoms in total. The Kier molecular flexibility index (Phi) is 4.75. The zero-order valence-corrected chi connectivity index (χ0v) is 13.5. The van der Waals surface area contributed by atoms with E-state index in [4.69, 9.17) is 4.74 Å². The predicted molar refractivity (Wildman–Crippen MR) is 89.8 cm³/mol. The molecule has 21 heavy (non-hydrogen) atoms. The smallest absolute Gasteiger partial charge is 0.143 e. The van der Waals surface area contributed by atoms with Gasteiger partial charge in [0.15, 0.2) is 0 Å². The minimum absolute atomic E-state index is 0. The first-order valence-electron chi connectivity index (χ1n) is 6.43. The van der Waals surface area contributed by atoms with E-state index in [9.17, 15) is 0 Å². The van der Waals surface area contributed by atoms with Crippen LogP contribution in [0.1, 0.15) is 12.5 Å². The summed E-state index contributed by atoms with van der Waals surface area (Å²) in [5.74, 6) is 1.52.